The number of hydrogen-bond acceptors (Lipinski definition) is 3. The lowest BCUT2D eigenvalue weighted by Crippen LogP contribution is -2.39. The Morgan fingerprint density at radius 2 is 2.20 bits per heavy atom. The van der Waals surface area contributed by atoms with Gasteiger partial charge in [0.1, 0.15) is 0 Å². The molecule has 1 aliphatic rings. The number of aromatic carboxylic acids is 1. The van der Waals surface area contributed by atoms with Crippen LogP contribution in [-0.4, -0.2) is 44.5 Å². The van der Waals surface area contributed by atoms with Crippen LogP contribution in [0.3, 0.4) is 0 Å². The number of rotatable bonds is 6. The zero-order chi connectivity index (χ0) is 17.6. The van der Waals surface area contributed by atoms with Gasteiger partial charge in [0, 0.05) is 44.4 Å². The molecule has 3 rings (SSSR count). The lowest BCUT2D eigenvalue weighted by Gasteiger charge is -2.33. The van der Waals surface area contributed by atoms with Crippen LogP contribution in [0.5, 0.6) is 0 Å². The summed E-state index contributed by atoms with van der Waals surface area (Å²) in [6, 6.07) is 7.09. The molecular formula is C19H23N3O3. The number of carbonyl (C=O) groups is 2. The van der Waals surface area contributed by atoms with Crippen LogP contribution >= 0.6 is 0 Å². The predicted molar refractivity (Wildman–Crippen MR) is 93.4 cm³/mol. The molecule has 132 valence electrons. The number of benzene rings is 1. The summed E-state index contributed by atoms with van der Waals surface area (Å²) < 4.78 is 1.98. The fourth-order valence-electron chi connectivity index (χ4n) is 3.39. The van der Waals surface area contributed by atoms with E-state index in [0.29, 0.717) is 18.5 Å². The standard InChI is InChI=1S/C19H23N3O3/c23-18(7-3-9-21-11-8-20-14-21)22-10-2-6-17(13-22)15-4-1-5-16(12-15)19(24)25/h1,4-5,8,11-12,14,17H,2-3,6-7,9-10,13H2,(H,24,25). The highest BCUT2D eigenvalue weighted by atomic mass is 16.4. The van der Waals surface area contributed by atoms with Crippen molar-refractivity contribution in [2.75, 3.05) is 13.1 Å². The quantitative estimate of drug-likeness (QED) is 0.876. The van der Waals surface area contributed by atoms with E-state index < -0.39 is 5.97 Å². The molecule has 25 heavy (non-hydrogen) atoms. The predicted octanol–water partition coefficient (Wildman–Crippen LogP) is 2.77. The lowest BCUT2D eigenvalue weighted by atomic mass is 9.89. The summed E-state index contributed by atoms with van der Waals surface area (Å²) in [6.45, 7) is 2.26. The first-order valence-corrected chi connectivity index (χ1v) is 8.70. The Morgan fingerprint density at radius 3 is 2.96 bits per heavy atom. The number of nitrogens with zero attached hydrogens (tertiary/aromatic N) is 3. The maximum atomic E-state index is 12.5. The second-order valence-corrected chi connectivity index (χ2v) is 6.51. The number of likely N-dealkylation sites (tertiary alicyclic amines) is 1. The largest absolute Gasteiger partial charge is 0.478 e. The molecule has 1 N–H and O–H groups in total. The minimum absolute atomic E-state index is 0.180. The molecule has 1 amide bonds. The first kappa shape index (κ1) is 17.2. The van der Waals surface area contributed by atoms with E-state index in [1.807, 2.05) is 21.7 Å². The Balaban J connectivity index is 1.56. The molecule has 1 aromatic heterocycles. The van der Waals surface area contributed by atoms with Crippen LogP contribution in [0.25, 0.3) is 0 Å². The molecule has 0 radical (unpaired) electrons. The summed E-state index contributed by atoms with van der Waals surface area (Å²) in [4.78, 5) is 29.6. The van der Waals surface area contributed by atoms with Crippen LogP contribution in [0.2, 0.25) is 0 Å². The van der Waals surface area contributed by atoms with Gasteiger partial charge >= 0.3 is 5.97 Å². The van der Waals surface area contributed by atoms with Gasteiger partial charge in [0.2, 0.25) is 5.91 Å². The van der Waals surface area contributed by atoms with Crippen LogP contribution < -0.4 is 0 Å². The normalized spacial score (nSPS) is 17.4. The van der Waals surface area contributed by atoms with Gasteiger partial charge in [-0.25, -0.2) is 9.78 Å². The molecule has 6 nitrogen and oxygen atoms in total. The number of carboxylic acid groups (broad SMARTS) is 1. The Labute approximate surface area is 147 Å². The number of aryl methyl sites for hydroxylation is 1. The summed E-state index contributed by atoms with van der Waals surface area (Å²) >= 11 is 0. The molecular weight excluding hydrogens is 318 g/mol. The maximum Gasteiger partial charge on any atom is 0.335 e. The Bertz CT molecular complexity index is 727. The molecule has 1 atom stereocenters. The molecule has 0 spiro atoms. The van der Waals surface area contributed by atoms with Crippen LogP contribution in [0, 0.1) is 0 Å². The summed E-state index contributed by atoms with van der Waals surface area (Å²) in [5.41, 5.74) is 1.32. The van der Waals surface area contributed by atoms with E-state index >= 15 is 0 Å². The van der Waals surface area contributed by atoms with Crippen molar-refractivity contribution >= 4 is 11.9 Å². The van der Waals surface area contributed by atoms with E-state index in [4.69, 9.17) is 5.11 Å². The van der Waals surface area contributed by atoms with Gasteiger partial charge in [0.05, 0.1) is 11.9 Å². The minimum atomic E-state index is -0.912. The number of hydrogen-bond donors (Lipinski definition) is 1. The van der Waals surface area contributed by atoms with Gasteiger partial charge in [0.15, 0.2) is 0 Å². The molecule has 6 heteroatoms. The highest BCUT2D eigenvalue weighted by Gasteiger charge is 2.24. The van der Waals surface area contributed by atoms with Gasteiger partial charge in [-0.15, -0.1) is 0 Å². The second-order valence-electron chi connectivity index (χ2n) is 6.51. The van der Waals surface area contributed by atoms with Crippen molar-refractivity contribution in [2.24, 2.45) is 0 Å². The first-order valence-electron chi connectivity index (χ1n) is 8.70. The van der Waals surface area contributed by atoms with Gasteiger partial charge in [0.25, 0.3) is 0 Å². The third-order valence-corrected chi connectivity index (χ3v) is 4.75. The smallest absolute Gasteiger partial charge is 0.335 e. The molecule has 2 aromatic rings. The Kier molecular flexibility index (Phi) is 5.48. The summed E-state index contributed by atoms with van der Waals surface area (Å²) in [5.74, 6) is -0.519. The summed E-state index contributed by atoms with van der Waals surface area (Å²) in [6.07, 6.45) is 8.66. The lowest BCUT2D eigenvalue weighted by molar-refractivity contribution is -0.132. The van der Waals surface area contributed by atoms with Crippen LogP contribution in [0.1, 0.15) is 47.5 Å². The number of piperidine rings is 1. The SMILES string of the molecule is O=C(O)c1cccc(C2CCCN(C(=O)CCCn3ccnc3)C2)c1. The molecule has 1 unspecified atom stereocenters. The Morgan fingerprint density at radius 1 is 1.32 bits per heavy atom. The molecule has 2 heterocycles. The van der Waals surface area contributed by atoms with Gasteiger partial charge < -0.3 is 14.6 Å². The highest BCUT2D eigenvalue weighted by molar-refractivity contribution is 5.87. The molecule has 1 aromatic carbocycles. The third-order valence-electron chi connectivity index (χ3n) is 4.75. The van der Waals surface area contributed by atoms with Crippen molar-refractivity contribution < 1.29 is 14.7 Å². The molecule has 0 aliphatic carbocycles. The fraction of sp³-hybridized carbons (Fsp3) is 0.421. The molecule has 1 fully saturated rings. The highest BCUT2D eigenvalue weighted by Crippen LogP contribution is 2.28. The van der Waals surface area contributed by atoms with Gasteiger partial charge in [-0.05, 0) is 37.0 Å². The van der Waals surface area contributed by atoms with Crippen molar-refractivity contribution in [3.05, 3.63) is 54.1 Å². The average molecular weight is 341 g/mol. The fourth-order valence-corrected chi connectivity index (χ4v) is 3.39. The number of aromatic nitrogens is 2. The minimum Gasteiger partial charge on any atom is -0.478 e. The monoisotopic (exact) mass is 341 g/mol. The van der Waals surface area contributed by atoms with Crippen molar-refractivity contribution in [1.29, 1.82) is 0 Å². The number of amides is 1. The third kappa shape index (κ3) is 4.47. The van der Waals surface area contributed by atoms with Gasteiger partial charge in [-0.2, -0.15) is 0 Å². The first-order chi connectivity index (χ1) is 12.1. The van der Waals surface area contributed by atoms with E-state index in [-0.39, 0.29) is 11.8 Å². The summed E-state index contributed by atoms with van der Waals surface area (Å²) in [5, 5.41) is 9.15. The van der Waals surface area contributed by atoms with Crippen molar-refractivity contribution in [2.45, 2.75) is 38.1 Å². The van der Waals surface area contributed by atoms with Crippen LogP contribution in [0.15, 0.2) is 43.0 Å². The van der Waals surface area contributed by atoms with Crippen molar-refractivity contribution in [3.8, 4) is 0 Å². The zero-order valence-electron chi connectivity index (χ0n) is 14.2. The second kappa shape index (κ2) is 7.96. The molecule has 1 saturated heterocycles. The summed E-state index contributed by atoms with van der Waals surface area (Å²) in [7, 11) is 0. The topological polar surface area (TPSA) is 75.4 Å². The van der Waals surface area contributed by atoms with E-state index in [1.54, 1.807) is 30.7 Å². The number of carbonyl (C=O) groups excluding carboxylic acids is 1. The number of imidazole rings is 1. The van der Waals surface area contributed by atoms with E-state index in [0.717, 1.165) is 37.9 Å². The van der Waals surface area contributed by atoms with Crippen molar-refractivity contribution in [3.63, 3.8) is 0 Å². The Hall–Kier alpha value is -2.63. The van der Waals surface area contributed by atoms with Gasteiger partial charge in [-0.1, -0.05) is 12.1 Å². The number of carboxylic acids is 1. The van der Waals surface area contributed by atoms with E-state index in [2.05, 4.69) is 4.98 Å². The van der Waals surface area contributed by atoms with Crippen molar-refractivity contribution in [1.82, 2.24) is 14.5 Å². The van der Waals surface area contributed by atoms with E-state index in [9.17, 15) is 9.59 Å². The van der Waals surface area contributed by atoms with E-state index in [1.165, 1.54) is 0 Å². The van der Waals surface area contributed by atoms with Crippen LogP contribution in [-0.2, 0) is 11.3 Å². The zero-order valence-corrected chi connectivity index (χ0v) is 14.2. The molecule has 1 aliphatic heterocycles. The maximum absolute atomic E-state index is 12.5. The molecule has 0 saturated carbocycles. The molecule has 0 bridgehead atoms. The van der Waals surface area contributed by atoms with Crippen LogP contribution in [0.4, 0.5) is 0 Å². The van der Waals surface area contributed by atoms with Gasteiger partial charge in [-0.3, -0.25) is 4.79 Å². The average Bonchev–Trinajstić information content (AvgIpc) is 3.15.